The summed E-state index contributed by atoms with van der Waals surface area (Å²) in [5, 5.41) is 0. The number of nitrogens with zero attached hydrogens (tertiary/aromatic N) is 1. The van der Waals surface area contributed by atoms with E-state index in [2.05, 4.69) is 21.6 Å². The third-order valence-corrected chi connectivity index (χ3v) is 5.08. The normalized spacial score (nSPS) is 11.2. The summed E-state index contributed by atoms with van der Waals surface area (Å²) in [7, 11) is 0. The first-order chi connectivity index (χ1) is 5.08. The van der Waals surface area contributed by atoms with Gasteiger partial charge >= 0.3 is 73.2 Å². The Morgan fingerprint density at radius 3 is 2.45 bits per heavy atom. The van der Waals surface area contributed by atoms with Crippen LogP contribution in [0, 0.1) is 0 Å². The predicted octanol–water partition coefficient (Wildman–Crippen LogP) is 2.33. The first kappa shape index (κ1) is 8.96. The third-order valence-electron chi connectivity index (χ3n) is 1.17. The van der Waals surface area contributed by atoms with Gasteiger partial charge in [0.25, 0.3) is 0 Å². The molecule has 0 radical (unpaired) electrons. The summed E-state index contributed by atoms with van der Waals surface area (Å²) in [5.41, 5.74) is 0. The number of hydrogen-bond donors (Lipinski definition) is 1. The molecule has 0 aliphatic heterocycles. The van der Waals surface area contributed by atoms with E-state index in [1.165, 1.54) is 0 Å². The average Bonchev–Trinajstić information content (AvgIpc) is 1.85. The van der Waals surface area contributed by atoms with Crippen molar-refractivity contribution in [3.05, 3.63) is 24.4 Å². The minimum absolute atomic E-state index is 1.03. The van der Waals surface area contributed by atoms with Crippen molar-refractivity contribution in [1.29, 1.82) is 0 Å². The van der Waals surface area contributed by atoms with Crippen LogP contribution in [0.3, 0.4) is 0 Å². The van der Waals surface area contributed by atoms with Crippen LogP contribution in [0.15, 0.2) is 24.4 Å². The van der Waals surface area contributed by atoms with E-state index in [1.54, 1.807) is 0 Å². The van der Waals surface area contributed by atoms with Gasteiger partial charge in [-0.2, -0.15) is 0 Å². The molecule has 0 aliphatic rings. The van der Waals surface area contributed by atoms with Crippen LogP contribution in [0.4, 0.5) is 5.82 Å². The fourth-order valence-electron chi connectivity index (χ4n) is 0.821. The van der Waals surface area contributed by atoms with Gasteiger partial charge in [-0.05, 0) is 0 Å². The molecule has 0 unspecified atom stereocenters. The molecule has 2 nitrogen and oxygen atoms in total. The molecule has 0 fully saturated rings. The van der Waals surface area contributed by atoms with E-state index in [1.807, 2.05) is 24.4 Å². The van der Waals surface area contributed by atoms with Gasteiger partial charge in [0, 0.05) is 0 Å². The Morgan fingerprint density at radius 2 is 2.00 bits per heavy atom. The fourth-order valence-corrected chi connectivity index (χ4v) is 4.38. The molecule has 0 saturated carbocycles. The van der Waals surface area contributed by atoms with Crippen LogP contribution in [0.1, 0.15) is 0 Å². The number of anilines is 1. The molecule has 60 valence electrons. The van der Waals surface area contributed by atoms with E-state index in [4.69, 9.17) is 0 Å². The van der Waals surface area contributed by atoms with Crippen LogP contribution >= 0.6 is 0 Å². The topological polar surface area (TPSA) is 24.9 Å². The molecular formula is C8H14N2Pb. The molecule has 1 heterocycles. The summed E-state index contributed by atoms with van der Waals surface area (Å²) in [6.45, 7) is 0. The van der Waals surface area contributed by atoms with E-state index < -0.39 is 21.5 Å². The molecule has 0 aliphatic carbocycles. The summed E-state index contributed by atoms with van der Waals surface area (Å²) in [4.78, 5) is 4.21. The third kappa shape index (κ3) is 3.69. The second-order valence-corrected chi connectivity index (χ2v) is 22.1. The zero-order valence-corrected chi connectivity index (χ0v) is 11.1. The van der Waals surface area contributed by atoms with Crippen molar-refractivity contribution in [3.63, 3.8) is 0 Å². The van der Waals surface area contributed by atoms with E-state index in [0.29, 0.717) is 0 Å². The molecule has 3 heteroatoms. The van der Waals surface area contributed by atoms with Crippen molar-refractivity contribution in [3.8, 4) is 0 Å². The monoisotopic (exact) mass is 346 g/mol. The van der Waals surface area contributed by atoms with Crippen LogP contribution in [-0.2, 0) is 0 Å². The van der Waals surface area contributed by atoms with Crippen molar-refractivity contribution < 1.29 is 0 Å². The predicted molar refractivity (Wildman–Crippen MR) is 51.2 cm³/mol. The van der Waals surface area contributed by atoms with Crippen molar-refractivity contribution in [2.24, 2.45) is 0 Å². The van der Waals surface area contributed by atoms with Gasteiger partial charge < -0.3 is 0 Å². The number of aromatic nitrogens is 1. The molecular weight excluding hydrogens is 331 g/mol. The van der Waals surface area contributed by atoms with Gasteiger partial charge in [0.2, 0.25) is 0 Å². The first-order valence-corrected chi connectivity index (χ1v) is 17.4. The number of nitrogens with one attached hydrogen (secondary N) is 1. The summed E-state index contributed by atoms with van der Waals surface area (Å²) in [6.07, 6.45) is 1.82. The van der Waals surface area contributed by atoms with Gasteiger partial charge in [0.15, 0.2) is 0 Å². The van der Waals surface area contributed by atoms with Crippen LogP contribution in [0.2, 0.25) is 13.4 Å². The summed E-state index contributed by atoms with van der Waals surface area (Å²) >= 11 is -1.99. The second-order valence-electron chi connectivity index (χ2n) is 3.59. The molecule has 1 rings (SSSR count). The fraction of sp³-hybridized carbons (Fsp3) is 0.375. The van der Waals surface area contributed by atoms with Crippen molar-refractivity contribution in [2.45, 2.75) is 13.4 Å². The molecule has 0 saturated heterocycles. The van der Waals surface area contributed by atoms with Crippen molar-refractivity contribution in [2.75, 3.05) is 3.13 Å². The standard InChI is InChI=1S/C5H5N2.3CH3.Pb/c6-5-3-1-2-4-7-5;;;;/h1-4H,(H-,6,7);3*1H3;/q-1;;;;+1. The second kappa shape index (κ2) is 3.51. The summed E-state index contributed by atoms with van der Waals surface area (Å²) < 4.78 is 10.5. The number of rotatable bonds is 2. The van der Waals surface area contributed by atoms with Crippen molar-refractivity contribution in [1.82, 2.24) is 4.98 Å². The van der Waals surface area contributed by atoms with E-state index in [-0.39, 0.29) is 0 Å². The van der Waals surface area contributed by atoms with Crippen LogP contribution in [-0.4, -0.2) is 26.5 Å². The molecule has 1 aromatic heterocycles. The Balaban J connectivity index is 2.66. The van der Waals surface area contributed by atoms with Gasteiger partial charge in [0.1, 0.15) is 0 Å². The molecule has 0 amide bonds. The van der Waals surface area contributed by atoms with Gasteiger partial charge in [-0.15, -0.1) is 0 Å². The van der Waals surface area contributed by atoms with Gasteiger partial charge in [-0.25, -0.2) is 0 Å². The zero-order valence-electron chi connectivity index (χ0n) is 7.26. The quantitative estimate of drug-likeness (QED) is 0.832. The van der Waals surface area contributed by atoms with Crippen LogP contribution < -0.4 is 3.13 Å². The Kier molecular flexibility index (Phi) is 2.86. The maximum atomic E-state index is 4.21. The number of pyridine rings is 1. The van der Waals surface area contributed by atoms with Gasteiger partial charge in [-0.3, -0.25) is 0 Å². The Bertz CT molecular complexity index is 215. The average molecular weight is 345 g/mol. The molecule has 1 N–H and O–H groups in total. The summed E-state index contributed by atoms with van der Waals surface area (Å²) in [5.74, 6) is 1.03. The van der Waals surface area contributed by atoms with E-state index in [0.717, 1.165) is 5.82 Å². The Labute approximate surface area is 73.1 Å². The minimum atomic E-state index is -1.99. The van der Waals surface area contributed by atoms with Gasteiger partial charge in [-0.1, -0.05) is 0 Å². The zero-order chi connectivity index (χ0) is 8.32. The molecule has 1 aromatic rings. The first-order valence-electron chi connectivity index (χ1n) is 3.77. The van der Waals surface area contributed by atoms with E-state index in [9.17, 15) is 0 Å². The van der Waals surface area contributed by atoms with Crippen LogP contribution in [0.5, 0.6) is 0 Å². The maximum absolute atomic E-state index is 4.21. The Morgan fingerprint density at radius 1 is 1.27 bits per heavy atom. The molecule has 0 bridgehead atoms. The van der Waals surface area contributed by atoms with Gasteiger partial charge in [0.05, 0.1) is 0 Å². The number of hydrogen-bond acceptors (Lipinski definition) is 2. The molecule has 0 aromatic carbocycles. The van der Waals surface area contributed by atoms with Crippen LogP contribution in [0.25, 0.3) is 0 Å². The van der Waals surface area contributed by atoms with Crippen molar-refractivity contribution >= 4 is 27.3 Å². The molecule has 0 spiro atoms. The SMILES string of the molecule is [CH3][Pb]([CH3])([CH3])[NH]c1ccccn1. The summed E-state index contributed by atoms with van der Waals surface area (Å²) in [6, 6.07) is 5.96. The molecule has 0 atom stereocenters. The molecule has 11 heavy (non-hydrogen) atoms. The Hall–Kier alpha value is -0.128. The van der Waals surface area contributed by atoms with E-state index >= 15 is 0 Å².